The molecule has 9 heavy (non-hydrogen) atoms. The van der Waals surface area contributed by atoms with Crippen LogP contribution in [0.1, 0.15) is 19.3 Å². The van der Waals surface area contributed by atoms with Gasteiger partial charge in [-0.3, -0.25) is 0 Å². The summed E-state index contributed by atoms with van der Waals surface area (Å²) < 4.78 is 1.22. The van der Waals surface area contributed by atoms with E-state index in [1.165, 1.54) is 4.48 Å². The highest BCUT2D eigenvalue weighted by molar-refractivity contribution is 9.11. The monoisotopic (exact) mass is 188 g/mol. The zero-order valence-electron chi connectivity index (χ0n) is 5.14. The highest BCUT2D eigenvalue weighted by Gasteiger charge is 2.15. The van der Waals surface area contributed by atoms with E-state index in [0.29, 0.717) is 12.3 Å². The van der Waals surface area contributed by atoms with Gasteiger partial charge in [0.2, 0.25) is 0 Å². The van der Waals surface area contributed by atoms with Gasteiger partial charge in [-0.15, -0.1) is 0 Å². The van der Waals surface area contributed by atoms with Gasteiger partial charge in [0.25, 0.3) is 0 Å². The normalized spacial score (nSPS) is 25.9. The van der Waals surface area contributed by atoms with Crippen LogP contribution < -0.4 is 0 Å². The number of hydrogen-bond acceptors (Lipinski definition) is 1. The maximum atomic E-state index is 10.1. The maximum absolute atomic E-state index is 10.1. The van der Waals surface area contributed by atoms with Crippen molar-refractivity contribution in [1.82, 2.24) is 0 Å². The van der Waals surface area contributed by atoms with Crippen LogP contribution in [-0.4, -0.2) is 6.29 Å². The fraction of sp³-hybridized carbons (Fsp3) is 0.571. The van der Waals surface area contributed by atoms with E-state index in [4.69, 9.17) is 0 Å². The third-order valence-corrected chi connectivity index (χ3v) is 2.60. The minimum Gasteiger partial charge on any atom is -0.303 e. The van der Waals surface area contributed by atoms with Crippen LogP contribution in [0.25, 0.3) is 0 Å². The van der Waals surface area contributed by atoms with E-state index in [1.54, 1.807) is 0 Å². The van der Waals surface area contributed by atoms with Crippen LogP contribution in [0.2, 0.25) is 0 Å². The standard InChI is InChI=1S/C7H9BrO/c8-7-3-1-2-6(7)4-5-9/h3,5-6H,1-2,4H2/t6-/m1/s1. The Kier molecular flexibility index (Phi) is 2.46. The SMILES string of the molecule is O=CC[C@H]1CCC=C1Br. The molecule has 2 heteroatoms. The van der Waals surface area contributed by atoms with E-state index in [1.807, 2.05) is 0 Å². The predicted molar refractivity (Wildman–Crippen MR) is 40.4 cm³/mol. The van der Waals surface area contributed by atoms with E-state index in [-0.39, 0.29) is 0 Å². The van der Waals surface area contributed by atoms with Crippen LogP contribution in [-0.2, 0) is 4.79 Å². The maximum Gasteiger partial charge on any atom is 0.120 e. The molecule has 0 heterocycles. The van der Waals surface area contributed by atoms with Crippen molar-refractivity contribution in [3.05, 3.63) is 10.6 Å². The first-order chi connectivity index (χ1) is 4.34. The lowest BCUT2D eigenvalue weighted by molar-refractivity contribution is -0.108. The van der Waals surface area contributed by atoms with Crippen LogP contribution >= 0.6 is 15.9 Å². The van der Waals surface area contributed by atoms with Crippen LogP contribution in [0.4, 0.5) is 0 Å². The molecule has 0 spiro atoms. The summed E-state index contributed by atoms with van der Waals surface area (Å²) in [5.41, 5.74) is 0. The average molecular weight is 189 g/mol. The molecule has 1 rings (SSSR count). The number of carbonyl (C=O) groups excluding carboxylic acids is 1. The van der Waals surface area contributed by atoms with Gasteiger partial charge in [0, 0.05) is 6.42 Å². The van der Waals surface area contributed by atoms with Crippen molar-refractivity contribution in [3.8, 4) is 0 Å². The van der Waals surface area contributed by atoms with Crippen molar-refractivity contribution >= 4 is 22.2 Å². The first-order valence-electron chi connectivity index (χ1n) is 3.14. The van der Waals surface area contributed by atoms with Gasteiger partial charge in [-0.25, -0.2) is 0 Å². The molecule has 0 aliphatic heterocycles. The molecule has 1 atom stereocenters. The van der Waals surface area contributed by atoms with E-state index < -0.39 is 0 Å². The van der Waals surface area contributed by atoms with Crippen molar-refractivity contribution in [2.45, 2.75) is 19.3 Å². The second kappa shape index (κ2) is 3.16. The molecule has 0 bridgehead atoms. The summed E-state index contributed by atoms with van der Waals surface area (Å²) >= 11 is 3.41. The van der Waals surface area contributed by atoms with E-state index in [0.717, 1.165) is 19.1 Å². The van der Waals surface area contributed by atoms with Crippen LogP contribution in [0.3, 0.4) is 0 Å². The molecule has 1 nitrogen and oxygen atoms in total. The van der Waals surface area contributed by atoms with Gasteiger partial charge in [0.05, 0.1) is 0 Å². The van der Waals surface area contributed by atoms with Crippen molar-refractivity contribution in [3.63, 3.8) is 0 Å². The Labute approximate surface area is 63.3 Å². The highest BCUT2D eigenvalue weighted by Crippen LogP contribution is 2.31. The molecular weight excluding hydrogens is 180 g/mol. The second-order valence-corrected chi connectivity index (χ2v) is 3.18. The Morgan fingerprint density at radius 3 is 3.11 bits per heavy atom. The zero-order valence-corrected chi connectivity index (χ0v) is 6.73. The summed E-state index contributed by atoms with van der Waals surface area (Å²) in [6.45, 7) is 0. The fourth-order valence-corrected chi connectivity index (χ4v) is 1.72. The van der Waals surface area contributed by atoms with Crippen LogP contribution in [0.5, 0.6) is 0 Å². The number of hydrogen-bond donors (Lipinski definition) is 0. The molecule has 0 aromatic heterocycles. The highest BCUT2D eigenvalue weighted by atomic mass is 79.9. The zero-order chi connectivity index (χ0) is 6.69. The third-order valence-electron chi connectivity index (χ3n) is 1.63. The molecule has 0 saturated carbocycles. The first kappa shape index (κ1) is 7.00. The summed E-state index contributed by atoms with van der Waals surface area (Å²) in [6.07, 6.45) is 6.08. The molecule has 0 saturated heterocycles. The van der Waals surface area contributed by atoms with Crippen molar-refractivity contribution in [2.24, 2.45) is 5.92 Å². The average Bonchev–Trinajstić information content (AvgIpc) is 2.18. The molecule has 0 radical (unpaired) electrons. The molecule has 1 aliphatic rings. The van der Waals surface area contributed by atoms with E-state index >= 15 is 0 Å². The summed E-state index contributed by atoms with van der Waals surface area (Å²) in [5, 5.41) is 0. The van der Waals surface area contributed by atoms with Gasteiger partial charge in [-0.1, -0.05) is 22.0 Å². The number of halogens is 1. The quantitative estimate of drug-likeness (QED) is 0.609. The molecule has 1 aliphatic carbocycles. The Hall–Kier alpha value is -0.110. The fourth-order valence-electron chi connectivity index (χ4n) is 1.07. The Bertz CT molecular complexity index is 140. The first-order valence-corrected chi connectivity index (χ1v) is 3.93. The molecule has 0 amide bonds. The molecule has 50 valence electrons. The lowest BCUT2D eigenvalue weighted by Gasteiger charge is -2.02. The smallest absolute Gasteiger partial charge is 0.120 e. The Morgan fingerprint density at radius 2 is 2.67 bits per heavy atom. The molecular formula is C7H9BrO. The largest absolute Gasteiger partial charge is 0.303 e. The molecule has 0 unspecified atom stereocenters. The Morgan fingerprint density at radius 1 is 1.89 bits per heavy atom. The van der Waals surface area contributed by atoms with Crippen LogP contribution in [0.15, 0.2) is 10.6 Å². The minimum atomic E-state index is 0.488. The topological polar surface area (TPSA) is 17.1 Å². The van der Waals surface area contributed by atoms with Gasteiger partial charge >= 0.3 is 0 Å². The number of aldehydes is 1. The number of rotatable bonds is 2. The van der Waals surface area contributed by atoms with Gasteiger partial charge < -0.3 is 4.79 Å². The second-order valence-electron chi connectivity index (χ2n) is 2.27. The van der Waals surface area contributed by atoms with Gasteiger partial charge in [0.15, 0.2) is 0 Å². The number of allylic oxidation sites excluding steroid dienone is 2. The van der Waals surface area contributed by atoms with Gasteiger partial charge in [-0.05, 0) is 23.2 Å². The van der Waals surface area contributed by atoms with Crippen molar-refractivity contribution < 1.29 is 4.79 Å². The molecule has 0 aromatic carbocycles. The van der Waals surface area contributed by atoms with Crippen LogP contribution in [0, 0.1) is 5.92 Å². The summed E-state index contributed by atoms with van der Waals surface area (Å²) in [6, 6.07) is 0. The summed E-state index contributed by atoms with van der Waals surface area (Å²) in [7, 11) is 0. The predicted octanol–water partition coefficient (Wildman–Crippen LogP) is 2.26. The number of carbonyl (C=O) groups is 1. The Balaban J connectivity index is 2.42. The lowest BCUT2D eigenvalue weighted by Crippen LogP contribution is -1.94. The van der Waals surface area contributed by atoms with Crippen molar-refractivity contribution in [1.29, 1.82) is 0 Å². The molecule has 0 aromatic rings. The molecule has 0 fully saturated rings. The van der Waals surface area contributed by atoms with E-state index in [2.05, 4.69) is 22.0 Å². The molecule has 0 N–H and O–H groups in total. The lowest BCUT2D eigenvalue weighted by atomic mass is 10.1. The summed E-state index contributed by atoms with van der Waals surface area (Å²) in [5.74, 6) is 0.488. The summed E-state index contributed by atoms with van der Waals surface area (Å²) in [4.78, 5) is 10.1. The van der Waals surface area contributed by atoms with Crippen molar-refractivity contribution in [2.75, 3.05) is 0 Å². The van der Waals surface area contributed by atoms with Gasteiger partial charge in [0.1, 0.15) is 6.29 Å². The third kappa shape index (κ3) is 1.65. The van der Waals surface area contributed by atoms with E-state index in [9.17, 15) is 4.79 Å². The van der Waals surface area contributed by atoms with Gasteiger partial charge in [-0.2, -0.15) is 0 Å². The minimum absolute atomic E-state index is 0.488.